The fraction of sp³-hybridized carbons (Fsp3) is 0.286. The highest BCUT2D eigenvalue weighted by atomic mass is 16.5. The van der Waals surface area contributed by atoms with E-state index in [0.29, 0.717) is 23.1 Å². The van der Waals surface area contributed by atoms with Crippen molar-refractivity contribution in [2.75, 3.05) is 14.2 Å². The summed E-state index contributed by atoms with van der Waals surface area (Å²) in [6.07, 6.45) is 7.65. The van der Waals surface area contributed by atoms with Crippen LogP contribution < -0.4 is 5.56 Å². The van der Waals surface area contributed by atoms with Crippen LogP contribution in [0.3, 0.4) is 0 Å². The van der Waals surface area contributed by atoms with Crippen LogP contribution in [-0.4, -0.2) is 36.2 Å². The number of aromatic amines is 1. The number of allylic oxidation sites excluding steroid dienone is 3. The lowest BCUT2D eigenvalue weighted by Gasteiger charge is -2.25. The van der Waals surface area contributed by atoms with Gasteiger partial charge in [-0.3, -0.25) is 14.4 Å². The van der Waals surface area contributed by atoms with Crippen molar-refractivity contribution in [2.45, 2.75) is 25.2 Å². The molecule has 7 heteroatoms. The van der Waals surface area contributed by atoms with Crippen molar-refractivity contribution >= 4 is 28.8 Å². The zero-order valence-electron chi connectivity index (χ0n) is 15.9. The highest BCUT2D eigenvalue weighted by Crippen LogP contribution is 2.48. The lowest BCUT2D eigenvalue weighted by molar-refractivity contribution is -0.162. The molecule has 0 amide bonds. The summed E-state index contributed by atoms with van der Waals surface area (Å²) >= 11 is 0. The van der Waals surface area contributed by atoms with Gasteiger partial charge in [-0.05, 0) is 42.9 Å². The van der Waals surface area contributed by atoms with E-state index in [9.17, 15) is 19.5 Å². The number of H-pyrrole nitrogens is 1. The summed E-state index contributed by atoms with van der Waals surface area (Å²) in [5, 5.41) is 11.4. The molecule has 1 aliphatic carbocycles. The summed E-state index contributed by atoms with van der Waals surface area (Å²) in [4.78, 5) is 40.4. The molecule has 0 radical (unpaired) electrons. The molecule has 1 heterocycles. The summed E-state index contributed by atoms with van der Waals surface area (Å²) in [7, 11) is 2.33. The van der Waals surface area contributed by atoms with Crippen LogP contribution in [0.25, 0.3) is 16.8 Å². The van der Waals surface area contributed by atoms with Gasteiger partial charge >= 0.3 is 11.9 Å². The third kappa shape index (κ3) is 2.79. The molecule has 0 saturated heterocycles. The minimum Gasteiger partial charge on any atom is -0.507 e. The molecular weight excluding hydrogens is 362 g/mol. The second-order valence-corrected chi connectivity index (χ2v) is 6.55. The number of esters is 2. The van der Waals surface area contributed by atoms with Crippen LogP contribution in [0.15, 0.2) is 35.2 Å². The number of methoxy groups -OCH3 is 2. The zero-order chi connectivity index (χ0) is 20.5. The predicted molar refractivity (Wildman–Crippen MR) is 104 cm³/mol. The summed E-state index contributed by atoms with van der Waals surface area (Å²) < 4.78 is 9.67. The van der Waals surface area contributed by atoms with E-state index in [-0.39, 0.29) is 17.4 Å². The van der Waals surface area contributed by atoms with E-state index in [0.717, 1.165) is 0 Å². The number of aromatic nitrogens is 1. The molecule has 0 unspecified atom stereocenters. The number of fused-ring (bicyclic) bond motifs is 2. The molecule has 0 saturated carbocycles. The Morgan fingerprint density at radius 3 is 2.46 bits per heavy atom. The van der Waals surface area contributed by atoms with Gasteiger partial charge in [0.15, 0.2) is 5.41 Å². The van der Waals surface area contributed by atoms with Gasteiger partial charge in [0, 0.05) is 11.3 Å². The second-order valence-electron chi connectivity index (χ2n) is 6.55. The molecule has 1 aliphatic rings. The van der Waals surface area contributed by atoms with Gasteiger partial charge < -0.3 is 19.6 Å². The van der Waals surface area contributed by atoms with Crippen LogP contribution in [-0.2, 0) is 30.9 Å². The number of phenols is 1. The topological polar surface area (TPSA) is 106 Å². The molecule has 0 spiro atoms. The molecule has 1 aromatic heterocycles. The maximum Gasteiger partial charge on any atom is 0.327 e. The lowest BCUT2D eigenvalue weighted by Crippen LogP contribution is -2.43. The first-order valence-corrected chi connectivity index (χ1v) is 8.79. The smallest absolute Gasteiger partial charge is 0.327 e. The van der Waals surface area contributed by atoms with Crippen LogP contribution >= 0.6 is 0 Å². The van der Waals surface area contributed by atoms with Crippen molar-refractivity contribution in [3.8, 4) is 5.75 Å². The highest BCUT2D eigenvalue weighted by molar-refractivity contribution is 6.10. The Balaban J connectivity index is 2.30. The zero-order valence-corrected chi connectivity index (χ0v) is 15.9. The molecule has 0 aliphatic heterocycles. The number of aromatic hydroxyl groups is 1. The minimum atomic E-state index is -1.78. The Labute approximate surface area is 161 Å². The first kappa shape index (κ1) is 19.4. The fourth-order valence-corrected chi connectivity index (χ4v) is 3.82. The third-order valence-electron chi connectivity index (χ3n) is 5.05. The van der Waals surface area contributed by atoms with Crippen molar-refractivity contribution < 1.29 is 24.2 Å². The predicted octanol–water partition coefficient (Wildman–Crippen LogP) is 2.35. The fourth-order valence-electron chi connectivity index (χ4n) is 3.82. The SMILES string of the molecule is C/C=C/C=C/c1cc2cc3c(c(O)c2c(=O)[nH]1)C(C(=O)OC)(C(=O)OC)CC3. The van der Waals surface area contributed by atoms with E-state index in [4.69, 9.17) is 9.47 Å². The van der Waals surface area contributed by atoms with Crippen molar-refractivity contribution in [1.29, 1.82) is 0 Å². The number of rotatable bonds is 4. The number of carbonyl (C=O) groups excluding carboxylic acids is 2. The normalized spacial score (nSPS) is 15.2. The molecule has 2 N–H and O–H groups in total. The molecule has 0 fully saturated rings. The average Bonchev–Trinajstić information content (AvgIpc) is 3.07. The van der Waals surface area contributed by atoms with E-state index in [2.05, 4.69) is 4.98 Å². The van der Waals surface area contributed by atoms with Crippen LogP contribution in [0.4, 0.5) is 0 Å². The molecule has 146 valence electrons. The van der Waals surface area contributed by atoms with Crippen molar-refractivity contribution in [3.05, 3.63) is 57.5 Å². The number of pyridine rings is 1. The van der Waals surface area contributed by atoms with Crippen molar-refractivity contribution in [2.24, 2.45) is 0 Å². The number of aryl methyl sites for hydroxylation is 1. The Morgan fingerprint density at radius 1 is 1.18 bits per heavy atom. The van der Waals surface area contributed by atoms with E-state index in [1.807, 2.05) is 19.1 Å². The van der Waals surface area contributed by atoms with Gasteiger partial charge in [-0.1, -0.05) is 24.3 Å². The number of carbonyl (C=O) groups is 2. The molecule has 2 aromatic rings. The molecule has 28 heavy (non-hydrogen) atoms. The van der Waals surface area contributed by atoms with Gasteiger partial charge in [-0.2, -0.15) is 0 Å². The molecule has 7 nitrogen and oxygen atoms in total. The Kier molecular flexibility index (Phi) is 5.09. The van der Waals surface area contributed by atoms with Gasteiger partial charge in [0.2, 0.25) is 0 Å². The number of phenolic OH excluding ortho intramolecular Hbond substituents is 1. The summed E-state index contributed by atoms with van der Waals surface area (Å²) in [6.45, 7) is 1.88. The number of ether oxygens (including phenoxy) is 2. The summed E-state index contributed by atoms with van der Waals surface area (Å²) in [5.74, 6) is -2.05. The van der Waals surface area contributed by atoms with Gasteiger partial charge in [-0.25, -0.2) is 0 Å². The first-order chi connectivity index (χ1) is 13.4. The Bertz CT molecular complexity index is 1060. The highest BCUT2D eigenvalue weighted by Gasteiger charge is 2.56. The molecule has 3 rings (SSSR count). The van der Waals surface area contributed by atoms with Crippen LogP contribution in [0.5, 0.6) is 5.75 Å². The average molecular weight is 383 g/mol. The Hall–Kier alpha value is -3.35. The minimum absolute atomic E-state index is 0.0148. The van der Waals surface area contributed by atoms with E-state index in [1.54, 1.807) is 24.3 Å². The molecular formula is C21H21NO6. The van der Waals surface area contributed by atoms with Crippen LogP contribution in [0.2, 0.25) is 0 Å². The summed E-state index contributed by atoms with van der Waals surface area (Å²) in [6, 6.07) is 3.45. The largest absolute Gasteiger partial charge is 0.507 e. The number of hydrogen-bond donors (Lipinski definition) is 2. The quantitative estimate of drug-likeness (QED) is 0.477. The number of benzene rings is 1. The second kappa shape index (κ2) is 7.34. The van der Waals surface area contributed by atoms with E-state index < -0.39 is 28.7 Å². The van der Waals surface area contributed by atoms with E-state index in [1.165, 1.54) is 14.2 Å². The lowest BCUT2D eigenvalue weighted by atomic mass is 9.80. The van der Waals surface area contributed by atoms with Crippen molar-refractivity contribution in [1.82, 2.24) is 4.98 Å². The maximum atomic E-state index is 12.6. The van der Waals surface area contributed by atoms with Gasteiger partial charge in [0.05, 0.1) is 19.6 Å². The van der Waals surface area contributed by atoms with Gasteiger partial charge in [-0.15, -0.1) is 0 Å². The Morgan fingerprint density at radius 2 is 1.86 bits per heavy atom. The number of nitrogens with one attached hydrogen (secondary N) is 1. The maximum absolute atomic E-state index is 12.6. The van der Waals surface area contributed by atoms with Crippen LogP contribution in [0, 0.1) is 0 Å². The number of hydrogen-bond acceptors (Lipinski definition) is 6. The standard InChI is InChI=1S/C21H21NO6/c1-4-5-6-7-14-11-13-10-12-8-9-21(19(25)27-2,20(26)28-3)16(12)17(23)15(13)18(24)22-14/h4-7,10-11,23H,8-9H2,1-3H3,(H,22,24)/b5-4+,7-6+. The monoisotopic (exact) mass is 383 g/mol. The van der Waals surface area contributed by atoms with Gasteiger partial charge in [0.1, 0.15) is 5.75 Å². The molecule has 0 bridgehead atoms. The van der Waals surface area contributed by atoms with E-state index >= 15 is 0 Å². The first-order valence-electron chi connectivity index (χ1n) is 8.79. The third-order valence-corrected chi connectivity index (χ3v) is 5.05. The summed E-state index contributed by atoms with van der Waals surface area (Å²) in [5.41, 5.74) is -1.04. The molecule has 1 aromatic carbocycles. The van der Waals surface area contributed by atoms with Crippen LogP contribution in [0.1, 0.15) is 30.2 Å². The van der Waals surface area contributed by atoms with Crippen molar-refractivity contribution in [3.63, 3.8) is 0 Å². The van der Waals surface area contributed by atoms with Gasteiger partial charge in [0.25, 0.3) is 5.56 Å². The molecule has 0 atom stereocenters.